The molecule has 3 aromatic rings. The molecule has 1 fully saturated rings. The van der Waals surface area contributed by atoms with Crippen molar-refractivity contribution in [3.05, 3.63) is 53.1 Å². The maximum Gasteiger partial charge on any atom is 0.310 e. The van der Waals surface area contributed by atoms with Crippen LogP contribution in [0, 0.1) is 11.3 Å². The summed E-state index contributed by atoms with van der Waals surface area (Å²) >= 11 is 0. The first-order valence-corrected chi connectivity index (χ1v) is 19.5. The molecule has 6 heteroatoms. The fraction of sp³-hybridized carbons (Fsp3) is 0.583. The quantitative estimate of drug-likeness (QED) is 0.146. The van der Waals surface area contributed by atoms with Gasteiger partial charge in [-0.2, -0.15) is 0 Å². The van der Waals surface area contributed by atoms with Crippen LogP contribution in [-0.4, -0.2) is 46.5 Å². The monoisotopic (exact) mass is 589 g/mol. The molecule has 1 unspecified atom stereocenters. The van der Waals surface area contributed by atoms with E-state index in [-0.39, 0.29) is 22.3 Å². The summed E-state index contributed by atoms with van der Waals surface area (Å²) in [5.41, 5.74) is 6.95. The Morgan fingerprint density at radius 2 is 1.88 bits per heavy atom. The standard InChI is InChI=1S/C36H51NO4Si/c1-9-10-20-41-34(38)33(42(6,7)8)31-25-14-11-12-15-28(25)37-32(31)26-21-24-16-17-30-35(2,23-39-4)18-13-19-36(30,3)27(24)22-29(26)40-5/h11-12,14-15,21-22,30,33,37H,9-10,13,16-20,23H2,1-8H3/t30-,33?,35+,36+/m0/s1. The number of benzene rings is 2. The number of methoxy groups -OCH3 is 2. The lowest BCUT2D eigenvalue weighted by Crippen LogP contribution is -2.50. The van der Waals surface area contributed by atoms with Crippen molar-refractivity contribution in [2.45, 2.75) is 96.3 Å². The van der Waals surface area contributed by atoms with Crippen LogP contribution in [0.25, 0.3) is 22.2 Å². The van der Waals surface area contributed by atoms with Crippen LogP contribution in [0.1, 0.15) is 81.5 Å². The average Bonchev–Trinajstić information content (AvgIpc) is 3.30. The molecule has 1 aromatic heterocycles. The molecule has 0 amide bonds. The predicted molar refractivity (Wildman–Crippen MR) is 175 cm³/mol. The van der Waals surface area contributed by atoms with E-state index >= 15 is 0 Å². The number of unbranched alkanes of at least 4 members (excludes halogenated alkanes) is 1. The number of para-hydroxylation sites is 1. The molecule has 228 valence electrons. The van der Waals surface area contributed by atoms with E-state index in [2.05, 4.69) is 81.8 Å². The van der Waals surface area contributed by atoms with E-state index < -0.39 is 8.07 Å². The van der Waals surface area contributed by atoms with Crippen LogP contribution in [0.15, 0.2) is 36.4 Å². The Morgan fingerprint density at radius 3 is 2.57 bits per heavy atom. The van der Waals surface area contributed by atoms with Crippen molar-refractivity contribution < 1.29 is 19.0 Å². The van der Waals surface area contributed by atoms with Gasteiger partial charge in [0.1, 0.15) is 5.75 Å². The normalized spacial score (nSPS) is 24.6. The van der Waals surface area contributed by atoms with Crippen molar-refractivity contribution >= 4 is 24.9 Å². The maximum absolute atomic E-state index is 13.8. The number of aromatic nitrogens is 1. The van der Waals surface area contributed by atoms with Crippen molar-refractivity contribution in [2.75, 3.05) is 27.4 Å². The number of fused-ring (bicyclic) bond motifs is 4. The van der Waals surface area contributed by atoms with Crippen molar-refractivity contribution in [3.8, 4) is 17.0 Å². The van der Waals surface area contributed by atoms with Crippen LogP contribution in [0.4, 0.5) is 0 Å². The molecule has 1 N–H and O–H groups in total. The van der Waals surface area contributed by atoms with Gasteiger partial charge >= 0.3 is 5.97 Å². The topological polar surface area (TPSA) is 60.6 Å². The lowest BCUT2D eigenvalue weighted by atomic mass is 9.50. The number of hydrogen-bond acceptors (Lipinski definition) is 4. The van der Waals surface area contributed by atoms with Gasteiger partial charge in [-0.3, -0.25) is 4.79 Å². The highest BCUT2D eigenvalue weighted by molar-refractivity contribution is 6.80. The zero-order chi connectivity index (χ0) is 30.3. The summed E-state index contributed by atoms with van der Waals surface area (Å²) in [7, 11) is 1.56. The van der Waals surface area contributed by atoms with Crippen LogP contribution < -0.4 is 4.74 Å². The summed E-state index contributed by atoms with van der Waals surface area (Å²) in [5, 5.41) is 1.10. The Labute approximate surface area is 253 Å². The molecule has 2 aromatic carbocycles. The molecule has 0 aliphatic heterocycles. The van der Waals surface area contributed by atoms with Gasteiger partial charge in [-0.05, 0) is 83.7 Å². The van der Waals surface area contributed by atoms with Crippen molar-refractivity contribution in [3.63, 3.8) is 0 Å². The number of carbonyl (C=O) groups excluding carboxylic acids is 1. The van der Waals surface area contributed by atoms with Gasteiger partial charge in [0.2, 0.25) is 0 Å². The predicted octanol–water partition coefficient (Wildman–Crippen LogP) is 8.80. The Morgan fingerprint density at radius 1 is 1.12 bits per heavy atom. The van der Waals surface area contributed by atoms with E-state index in [9.17, 15) is 4.79 Å². The molecule has 1 saturated carbocycles. The molecule has 5 rings (SSSR count). The van der Waals surface area contributed by atoms with Gasteiger partial charge in [-0.25, -0.2) is 0 Å². The van der Waals surface area contributed by atoms with Gasteiger partial charge in [0.25, 0.3) is 0 Å². The van der Waals surface area contributed by atoms with Crippen LogP contribution in [-0.2, 0) is 26.1 Å². The van der Waals surface area contributed by atoms with Crippen molar-refractivity contribution in [2.24, 2.45) is 11.3 Å². The van der Waals surface area contributed by atoms with Crippen molar-refractivity contribution in [1.29, 1.82) is 0 Å². The second-order valence-corrected chi connectivity index (χ2v) is 19.7. The van der Waals surface area contributed by atoms with Gasteiger partial charge in [0.15, 0.2) is 0 Å². The van der Waals surface area contributed by atoms with Crippen LogP contribution in [0.3, 0.4) is 0 Å². The van der Waals surface area contributed by atoms with E-state index in [1.165, 1.54) is 30.4 Å². The zero-order valence-electron chi connectivity index (χ0n) is 27.1. The number of aromatic amines is 1. The summed E-state index contributed by atoms with van der Waals surface area (Å²) in [4.78, 5) is 17.6. The molecule has 0 spiro atoms. The second-order valence-electron chi connectivity index (χ2n) is 14.4. The Balaban J connectivity index is 1.68. The molecule has 2 aliphatic rings. The molecule has 1 heterocycles. The number of hydrogen-bond donors (Lipinski definition) is 1. The van der Waals surface area contributed by atoms with Crippen LogP contribution in [0.5, 0.6) is 5.75 Å². The number of rotatable bonds is 10. The maximum atomic E-state index is 13.8. The summed E-state index contributed by atoms with van der Waals surface area (Å²) in [5.74, 6) is 1.34. The third-order valence-corrected chi connectivity index (χ3v) is 12.7. The summed E-state index contributed by atoms with van der Waals surface area (Å²) in [6.07, 6.45) is 7.70. The highest BCUT2D eigenvalue weighted by Crippen LogP contribution is 2.58. The van der Waals surface area contributed by atoms with Crippen LogP contribution >= 0.6 is 0 Å². The Kier molecular flexibility index (Phi) is 8.70. The fourth-order valence-corrected chi connectivity index (χ4v) is 10.4. The van der Waals surface area contributed by atoms with Gasteiger partial charge < -0.3 is 19.2 Å². The summed E-state index contributed by atoms with van der Waals surface area (Å²) in [6.45, 7) is 15.1. The Bertz CT molecular complexity index is 1430. The highest BCUT2D eigenvalue weighted by atomic mass is 28.3. The molecular weight excluding hydrogens is 538 g/mol. The number of nitrogens with one attached hydrogen (secondary N) is 1. The minimum absolute atomic E-state index is 0.0815. The smallest absolute Gasteiger partial charge is 0.310 e. The van der Waals surface area contributed by atoms with E-state index in [1.54, 1.807) is 7.11 Å². The number of carbonyl (C=O) groups is 1. The second kappa shape index (κ2) is 11.8. The van der Waals surface area contributed by atoms with Gasteiger partial charge in [-0.15, -0.1) is 0 Å². The summed E-state index contributed by atoms with van der Waals surface area (Å²) < 4.78 is 17.9. The third-order valence-electron chi connectivity index (χ3n) is 10.4. The van der Waals surface area contributed by atoms with Gasteiger partial charge in [0, 0.05) is 23.6 Å². The van der Waals surface area contributed by atoms with E-state index in [1.807, 2.05) is 7.11 Å². The van der Waals surface area contributed by atoms with E-state index in [0.29, 0.717) is 12.5 Å². The van der Waals surface area contributed by atoms with Crippen LogP contribution in [0.2, 0.25) is 19.6 Å². The number of aryl methyl sites for hydroxylation is 1. The zero-order valence-corrected chi connectivity index (χ0v) is 28.1. The first-order chi connectivity index (χ1) is 20.0. The molecule has 42 heavy (non-hydrogen) atoms. The average molecular weight is 590 g/mol. The third kappa shape index (κ3) is 5.34. The number of esters is 1. The first kappa shape index (κ1) is 30.9. The molecule has 5 nitrogen and oxygen atoms in total. The van der Waals surface area contributed by atoms with E-state index in [4.69, 9.17) is 14.2 Å². The molecule has 0 radical (unpaired) electrons. The van der Waals surface area contributed by atoms with E-state index in [0.717, 1.165) is 65.8 Å². The fourth-order valence-electron chi connectivity index (χ4n) is 8.48. The van der Waals surface area contributed by atoms with Crippen molar-refractivity contribution in [1.82, 2.24) is 4.98 Å². The lowest BCUT2D eigenvalue weighted by Gasteiger charge is -2.55. The largest absolute Gasteiger partial charge is 0.496 e. The SMILES string of the molecule is CCCCOC(=O)C(c1c(-c2cc3c(cc2OC)[C@@]2(C)CCC[C@](C)(COC)[C@@H]2CC3)[nH]c2ccccc12)[Si](C)(C)C. The highest BCUT2D eigenvalue weighted by Gasteiger charge is 2.52. The number of ether oxygens (including phenoxy) is 3. The molecule has 0 bridgehead atoms. The van der Waals surface area contributed by atoms with Gasteiger partial charge in [0.05, 0.1) is 39.6 Å². The lowest BCUT2D eigenvalue weighted by molar-refractivity contribution is -0.143. The minimum atomic E-state index is -2.06. The first-order valence-electron chi connectivity index (χ1n) is 16.0. The molecular formula is C36H51NO4Si. The molecule has 0 saturated heterocycles. The number of H-pyrrole nitrogens is 1. The molecule has 4 atom stereocenters. The summed E-state index contributed by atoms with van der Waals surface area (Å²) in [6, 6.07) is 13.1. The minimum Gasteiger partial charge on any atom is -0.496 e. The Hall–Kier alpha value is -2.57. The van der Waals surface area contributed by atoms with Gasteiger partial charge in [-0.1, -0.05) is 71.5 Å². The molecule has 2 aliphatic carbocycles.